The molecule has 0 spiro atoms. The van der Waals surface area contributed by atoms with Crippen molar-refractivity contribution in [2.24, 2.45) is 10.4 Å². The highest BCUT2D eigenvalue weighted by Crippen LogP contribution is 2.30. The number of halogens is 1. The first kappa shape index (κ1) is 20.4. The zero-order valence-corrected chi connectivity index (χ0v) is 15.2. The van der Waals surface area contributed by atoms with Crippen LogP contribution in [0.2, 0.25) is 0 Å². The Morgan fingerprint density at radius 3 is 2.33 bits per heavy atom. The fourth-order valence-electron chi connectivity index (χ4n) is 2.71. The molecular formula is C19H32FN3O. The standard InChI is InChI=1S/C19H32FN3O/c1-4-19(5-2,12-14-24)15-23-18(21-6-3)22-13-11-16-7-9-17(20)10-8-16/h7-10,24H,4-6,11-15H2,1-3H3,(H2,21,22,23). The lowest BCUT2D eigenvalue weighted by Gasteiger charge is -2.29. The van der Waals surface area contributed by atoms with E-state index in [2.05, 4.69) is 24.5 Å². The van der Waals surface area contributed by atoms with Gasteiger partial charge in [0.1, 0.15) is 5.82 Å². The highest BCUT2D eigenvalue weighted by atomic mass is 19.1. The molecule has 0 heterocycles. The number of aliphatic imine (C=N–C) groups is 1. The zero-order chi connectivity index (χ0) is 17.8. The van der Waals surface area contributed by atoms with Gasteiger partial charge in [0.2, 0.25) is 0 Å². The van der Waals surface area contributed by atoms with E-state index in [0.717, 1.165) is 50.3 Å². The van der Waals surface area contributed by atoms with E-state index < -0.39 is 0 Å². The molecule has 0 aromatic heterocycles. The summed E-state index contributed by atoms with van der Waals surface area (Å²) in [6.07, 6.45) is 3.59. The number of aliphatic hydroxyl groups excluding tert-OH is 1. The van der Waals surface area contributed by atoms with Crippen LogP contribution in [0, 0.1) is 11.2 Å². The number of benzene rings is 1. The van der Waals surface area contributed by atoms with Crippen molar-refractivity contribution in [2.45, 2.75) is 46.5 Å². The molecule has 0 atom stereocenters. The summed E-state index contributed by atoms with van der Waals surface area (Å²) in [7, 11) is 0. The zero-order valence-electron chi connectivity index (χ0n) is 15.2. The van der Waals surface area contributed by atoms with Crippen LogP contribution >= 0.6 is 0 Å². The molecule has 24 heavy (non-hydrogen) atoms. The molecule has 0 saturated carbocycles. The van der Waals surface area contributed by atoms with Crippen molar-refractivity contribution in [1.82, 2.24) is 10.6 Å². The normalized spacial score (nSPS) is 12.3. The van der Waals surface area contributed by atoms with Gasteiger partial charge in [-0.2, -0.15) is 0 Å². The molecule has 1 aromatic carbocycles. The maximum Gasteiger partial charge on any atom is 0.191 e. The molecule has 0 unspecified atom stereocenters. The Balaban J connectivity index is 2.59. The van der Waals surface area contributed by atoms with Crippen molar-refractivity contribution in [3.63, 3.8) is 0 Å². The molecule has 0 aliphatic heterocycles. The quantitative estimate of drug-likeness (QED) is 0.454. The third-order valence-electron chi connectivity index (χ3n) is 4.68. The van der Waals surface area contributed by atoms with Crippen molar-refractivity contribution in [3.8, 4) is 0 Å². The van der Waals surface area contributed by atoms with Gasteiger partial charge in [-0.15, -0.1) is 0 Å². The lowest BCUT2D eigenvalue weighted by Crippen LogP contribution is -2.39. The SMILES string of the molecule is CCNC(=NCC(CC)(CC)CCO)NCCc1ccc(F)cc1. The molecule has 0 radical (unpaired) electrons. The molecule has 5 heteroatoms. The Hall–Kier alpha value is -1.62. The van der Waals surface area contributed by atoms with E-state index in [9.17, 15) is 9.50 Å². The number of aliphatic hydroxyl groups is 1. The smallest absolute Gasteiger partial charge is 0.191 e. The average Bonchev–Trinajstić information content (AvgIpc) is 2.60. The van der Waals surface area contributed by atoms with Crippen LogP contribution in [0.4, 0.5) is 4.39 Å². The van der Waals surface area contributed by atoms with Crippen LogP contribution in [0.1, 0.15) is 45.6 Å². The summed E-state index contributed by atoms with van der Waals surface area (Å²) >= 11 is 0. The van der Waals surface area contributed by atoms with Crippen molar-refractivity contribution in [3.05, 3.63) is 35.6 Å². The molecule has 0 saturated heterocycles. The van der Waals surface area contributed by atoms with Gasteiger partial charge >= 0.3 is 0 Å². The Morgan fingerprint density at radius 2 is 1.79 bits per heavy atom. The van der Waals surface area contributed by atoms with Crippen molar-refractivity contribution in [1.29, 1.82) is 0 Å². The Morgan fingerprint density at radius 1 is 1.12 bits per heavy atom. The van der Waals surface area contributed by atoms with Gasteiger partial charge < -0.3 is 15.7 Å². The second kappa shape index (κ2) is 11.0. The fraction of sp³-hybridized carbons (Fsp3) is 0.632. The van der Waals surface area contributed by atoms with E-state index in [4.69, 9.17) is 4.99 Å². The van der Waals surface area contributed by atoms with Gasteiger partial charge in [-0.05, 0) is 55.7 Å². The maximum absolute atomic E-state index is 12.9. The number of rotatable bonds is 10. The van der Waals surface area contributed by atoms with Crippen LogP contribution in [0.5, 0.6) is 0 Å². The second-order valence-electron chi connectivity index (χ2n) is 6.18. The minimum Gasteiger partial charge on any atom is -0.396 e. The molecule has 0 aliphatic rings. The van der Waals surface area contributed by atoms with Crippen LogP contribution in [-0.2, 0) is 6.42 Å². The lowest BCUT2D eigenvalue weighted by molar-refractivity contribution is 0.175. The number of hydrogen-bond donors (Lipinski definition) is 3. The largest absolute Gasteiger partial charge is 0.396 e. The van der Waals surface area contributed by atoms with Crippen LogP contribution < -0.4 is 10.6 Å². The molecule has 1 rings (SSSR count). The molecule has 3 N–H and O–H groups in total. The summed E-state index contributed by atoms with van der Waals surface area (Å²) in [5.74, 6) is 0.588. The number of hydrogen-bond acceptors (Lipinski definition) is 2. The Bertz CT molecular complexity index is 484. The molecule has 0 bridgehead atoms. The van der Waals surface area contributed by atoms with Gasteiger partial charge in [0.25, 0.3) is 0 Å². The molecule has 1 aromatic rings. The monoisotopic (exact) mass is 337 g/mol. The number of nitrogens with one attached hydrogen (secondary N) is 2. The van der Waals surface area contributed by atoms with Crippen LogP contribution in [-0.4, -0.2) is 37.3 Å². The van der Waals surface area contributed by atoms with Crippen LogP contribution in [0.25, 0.3) is 0 Å². The van der Waals surface area contributed by atoms with Gasteiger partial charge in [0.05, 0.1) is 0 Å². The third kappa shape index (κ3) is 6.87. The minimum absolute atomic E-state index is 0.0635. The highest BCUT2D eigenvalue weighted by Gasteiger charge is 2.25. The van der Waals surface area contributed by atoms with E-state index in [0.29, 0.717) is 6.54 Å². The average molecular weight is 337 g/mol. The van der Waals surface area contributed by atoms with Crippen LogP contribution in [0.15, 0.2) is 29.3 Å². The summed E-state index contributed by atoms with van der Waals surface area (Å²) in [5, 5.41) is 15.9. The third-order valence-corrected chi connectivity index (χ3v) is 4.68. The van der Waals surface area contributed by atoms with Gasteiger partial charge in [-0.3, -0.25) is 4.99 Å². The number of guanidine groups is 1. The predicted molar refractivity (Wildman–Crippen MR) is 98.8 cm³/mol. The van der Waals surface area contributed by atoms with Crippen molar-refractivity contribution in [2.75, 3.05) is 26.2 Å². The van der Waals surface area contributed by atoms with E-state index in [1.165, 1.54) is 12.1 Å². The first-order chi connectivity index (χ1) is 11.6. The fourth-order valence-corrected chi connectivity index (χ4v) is 2.71. The molecule has 136 valence electrons. The highest BCUT2D eigenvalue weighted by molar-refractivity contribution is 5.79. The summed E-state index contributed by atoms with van der Waals surface area (Å²) in [4.78, 5) is 4.71. The molecular weight excluding hydrogens is 305 g/mol. The van der Waals surface area contributed by atoms with E-state index in [1.54, 1.807) is 0 Å². The molecule has 0 amide bonds. The van der Waals surface area contributed by atoms with E-state index in [-0.39, 0.29) is 17.8 Å². The van der Waals surface area contributed by atoms with Crippen molar-refractivity contribution >= 4 is 5.96 Å². The first-order valence-electron chi connectivity index (χ1n) is 8.96. The van der Waals surface area contributed by atoms with Gasteiger partial charge in [0.15, 0.2) is 5.96 Å². The van der Waals surface area contributed by atoms with E-state index in [1.807, 2.05) is 19.1 Å². The molecule has 0 fully saturated rings. The minimum atomic E-state index is -0.207. The first-order valence-corrected chi connectivity index (χ1v) is 8.96. The van der Waals surface area contributed by atoms with Gasteiger partial charge in [-0.1, -0.05) is 26.0 Å². The summed E-state index contributed by atoms with van der Waals surface area (Å²) in [6, 6.07) is 6.59. The number of nitrogens with zero attached hydrogens (tertiary/aromatic N) is 1. The van der Waals surface area contributed by atoms with Gasteiger partial charge in [0, 0.05) is 26.2 Å². The van der Waals surface area contributed by atoms with Crippen molar-refractivity contribution < 1.29 is 9.50 Å². The maximum atomic E-state index is 12.9. The van der Waals surface area contributed by atoms with Crippen LogP contribution in [0.3, 0.4) is 0 Å². The summed E-state index contributed by atoms with van der Waals surface area (Å²) < 4.78 is 12.9. The Kier molecular flexibility index (Phi) is 9.38. The second-order valence-corrected chi connectivity index (χ2v) is 6.18. The molecule has 4 nitrogen and oxygen atoms in total. The predicted octanol–water partition coefficient (Wildman–Crippen LogP) is 3.11. The summed E-state index contributed by atoms with van der Waals surface area (Å²) in [5.41, 5.74) is 1.16. The Labute approximate surface area is 145 Å². The molecule has 0 aliphatic carbocycles. The van der Waals surface area contributed by atoms with Gasteiger partial charge in [-0.25, -0.2) is 4.39 Å². The van der Waals surface area contributed by atoms with E-state index >= 15 is 0 Å². The summed E-state index contributed by atoms with van der Waals surface area (Å²) in [6.45, 7) is 8.79. The lowest BCUT2D eigenvalue weighted by atomic mass is 9.79. The topological polar surface area (TPSA) is 56.7 Å².